The van der Waals surface area contributed by atoms with Crippen molar-refractivity contribution >= 4 is 32.7 Å². The van der Waals surface area contributed by atoms with E-state index in [0.717, 1.165) is 43.1 Å². The molecule has 0 unspecified atom stereocenters. The molecule has 1 aliphatic heterocycles. The van der Waals surface area contributed by atoms with Gasteiger partial charge in [-0.25, -0.2) is 0 Å². The van der Waals surface area contributed by atoms with Crippen LogP contribution in [-0.4, -0.2) is 22.3 Å². The maximum atomic E-state index is 12.6. The molecule has 0 radical (unpaired) electrons. The lowest BCUT2D eigenvalue weighted by atomic mass is 9.69. The van der Waals surface area contributed by atoms with E-state index in [9.17, 15) is 4.79 Å². The number of nitrogens with zero attached hydrogens (tertiary/aromatic N) is 1. The summed E-state index contributed by atoms with van der Waals surface area (Å²) in [6, 6.07) is 17.3. The van der Waals surface area contributed by atoms with Crippen molar-refractivity contribution in [1.82, 2.24) is 9.88 Å². The Morgan fingerprint density at radius 1 is 1.14 bits per heavy atom. The molecule has 2 aromatic carbocycles. The molecular weight excluding hydrogens is 412 g/mol. The van der Waals surface area contributed by atoms with Crippen LogP contribution in [0.25, 0.3) is 10.9 Å². The largest absolute Gasteiger partial charge is 0.356 e. The van der Waals surface area contributed by atoms with Gasteiger partial charge in [0.1, 0.15) is 0 Å². The number of H-pyrrole nitrogens is 1. The second kappa shape index (κ2) is 6.77. The molecule has 1 fully saturated rings. The third-order valence-electron chi connectivity index (χ3n) is 6.90. The summed E-state index contributed by atoms with van der Waals surface area (Å²) in [6.07, 6.45) is 5.20. The molecule has 3 aromatic rings. The monoisotopic (exact) mass is 436 g/mol. The van der Waals surface area contributed by atoms with E-state index in [2.05, 4.69) is 74.3 Å². The van der Waals surface area contributed by atoms with Crippen molar-refractivity contribution < 1.29 is 4.79 Å². The van der Waals surface area contributed by atoms with Crippen LogP contribution in [0.5, 0.6) is 0 Å². The second-order valence-corrected chi connectivity index (χ2v) is 9.22. The van der Waals surface area contributed by atoms with E-state index >= 15 is 0 Å². The highest BCUT2D eigenvalue weighted by molar-refractivity contribution is 9.10. The first-order valence-electron chi connectivity index (χ1n) is 10.2. The number of halogens is 1. The maximum absolute atomic E-state index is 12.6. The lowest BCUT2D eigenvalue weighted by Gasteiger charge is -2.50. The highest BCUT2D eigenvalue weighted by atomic mass is 79.9. The summed E-state index contributed by atoms with van der Waals surface area (Å²) in [7, 11) is 0. The minimum absolute atomic E-state index is 0.184. The molecule has 0 atom stereocenters. The van der Waals surface area contributed by atoms with E-state index in [-0.39, 0.29) is 11.4 Å². The first kappa shape index (κ1) is 18.0. The molecule has 4 heteroatoms. The van der Waals surface area contributed by atoms with Crippen molar-refractivity contribution in [2.75, 3.05) is 6.54 Å². The predicted molar refractivity (Wildman–Crippen MR) is 116 cm³/mol. The number of rotatable bonds is 1. The number of aromatic amines is 1. The van der Waals surface area contributed by atoms with Gasteiger partial charge in [0.15, 0.2) is 0 Å². The molecule has 144 valence electrons. The quantitative estimate of drug-likeness (QED) is 0.507. The minimum Gasteiger partial charge on any atom is -0.356 e. The summed E-state index contributed by atoms with van der Waals surface area (Å²) in [4.78, 5) is 18.5. The average molecular weight is 437 g/mol. The first-order valence-corrected chi connectivity index (χ1v) is 11.0. The zero-order valence-electron chi connectivity index (χ0n) is 16.2. The molecule has 1 amide bonds. The number of aromatic nitrogens is 1. The van der Waals surface area contributed by atoms with Gasteiger partial charge in [-0.3, -0.25) is 4.79 Å². The molecule has 2 aliphatic rings. The number of carbonyl (C=O) groups is 1. The molecule has 5 rings (SSSR count). The average Bonchev–Trinajstić information content (AvgIpc) is 3.08. The van der Waals surface area contributed by atoms with Crippen LogP contribution in [0.2, 0.25) is 0 Å². The number of amides is 1. The highest BCUT2D eigenvalue weighted by Gasteiger charge is 2.47. The summed E-state index contributed by atoms with van der Waals surface area (Å²) in [5.41, 5.74) is 5.13. The number of hydrogen-bond acceptors (Lipinski definition) is 1. The minimum atomic E-state index is -0.184. The number of carbonyl (C=O) groups excluding carboxylic acids is 1. The number of fused-ring (bicyclic) bond motifs is 4. The zero-order valence-corrected chi connectivity index (χ0v) is 17.8. The lowest BCUT2D eigenvalue weighted by molar-refractivity contribution is -0.138. The van der Waals surface area contributed by atoms with Crippen molar-refractivity contribution in [1.29, 1.82) is 0 Å². The van der Waals surface area contributed by atoms with Gasteiger partial charge in [-0.1, -0.05) is 46.3 Å². The number of nitrogens with one attached hydrogen (secondary N) is 1. The van der Waals surface area contributed by atoms with Crippen LogP contribution in [0.15, 0.2) is 53.0 Å². The SMILES string of the molecule is CC(=O)N1CCc2c([nH]c3ccc(Br)cc23)C12CCC(c1ccccc1)CC2. The topological polar surface area (TPSA) is 36.1 Å². The molecule has 0 bridgehead atoms. The Bertz CT molecular complexity index is 1030. The molecule has 3 nitrogen and oxygen atoms in total. The fourth-order valence-electron chi connectivity index (χ4n) is 5.58. The molecule has 1 saturated carbocycles. The number of hydrogen-bond donors (Lipinski definition) is 1. The molecule has 0 saturated heterocycles. The van der Waals surface area contributed by atoms with E-state index in [4.69, 9.17) is 0 Å². The summed E-state index contributed by atoms with van der Waals surface area (Å²) in [5, 5.41) is 1.30. The Labute approximate surface area is 174 Å². The molecular formula is C24H25BrN2O. The van der Waals surface area contributed by atoms with Crippen molar-refractivity contribution in [3.8, 4) is 0 Å². The smallest absolute Gasteiger partial charge is 0.220 e. The Morgan fingerprint density at radius 3 is 2.61 bits per heavy atom. The van der Waals surface area contributed by atoms with Gasteiger partial charge in [-0.05, 0) is 67.3 Å². The van der Waals surface area contributed by atoms with Crippen molar-refractivity contribution in [3.63, 3.8) is 0 Å². The fraction of sp³-hybridized carbons (Fsp3) is 0.375. The summed E-state index contributed by atoms with van der Waals surface area (Å²) in [6.45, 7) is 2.55. The van der Waals surface area contributed by atoms with Crippen molar-refractivity contribution in [2.24, 2.45) is 0 Å². The second-order valence-electron chi connectivity index (χ2n) is 8.31. The van der Waals surface area contributed by atoms with Crippen molar-refractivity contribution in [2.45, 2.75) is 50.5 Å². The Kier molecular flexibility index (Phi) is 4.35. The predicted octanol–water partition coefficient (Wildman–Crippen LogP) is 5.89. The van der Waals surface area contributed by atoms with Gasteiger partial charge in [0.25, 0.3) is 0 Å². The van der Waals surface area contributed by atoms with Crippen LogP contribution >= 0.6 is 15.9 Å². The van der Waals surface area contributed by atoms with E-state index in [1.165, 1.54) is 27.7 Å². The maximum Gasteiger partial charge on any atom is 0.220 e. The molecule has 1 N–H and O–H groups in total. The van der Waals surface area contributed by atoms with Gasteiger partial charge >= 0.3 is 0 Å². The Morgan fingerprint density at radius 2 is 1.89 bits per heavy atom. The third kappa shape index (κ3) is 2.73. The summed E-state index contributed by atoms with van der Waals surface area (Å²) >= 11 is 3.62. The summed E-state index contributed by atoms with van der Waals surface area (Å²) in [5.74, 6) is 0.785. The van der Waals surface area contributed by atoms with Crippen LogP contribution in [-0.2, 0) is 16.8 Å². The highest BCUT2D eigenvalue weighted by Crippen LogP contribution is 2.50. The van der Waals surface area contributed by atoms with Gasteiger partial charge < -0.3 is 9.88 Å². The molecule has 1 spiro atoms. The first-order chi connectivity index (χ1) is 13.6. The van der Waals surface area contributed by atoms with E-state index in [0.29, 0.717) is 5.92 Å². The Hall–Kier alpha value is -2.07. The summed E-state index contributed by atoms with van der Waals surface area (Å²) < 4.78 is 1.11. The van der Waals surface area contributed by atoms with Gasteiger partial charge in [-0.2, -0.15) is 0 Å². The standard InChI is InChI=1S/C24H25BrN2O/c1-16(28)27-14-11-20-21-15-19(25)7-8-22(21)26-23(20)24(27)12-9-18(10-13-24)17-5-3-2-4-6-17/h2-8,15,18,26H,9-14H2,1H3. The molecule has 1 aliphatic carbocycles. The van der Waals surface area contributed by atoms with Crippen LogP contribution in [0.3, 0.4) is 0 Å². The van der Waals surface area contributed by atoms with Crippen LogP contribution in [0.4, 0.5) is 0 Å². The normalized spacial score (nSPS) is 24.5. The van der Waals surface area contributed by atoms with Crippen LogP contribution in [0, 0.1) is 0 Å². The van der Waals surface area contributed by atoms with Gasteiger partial charge in [0.2, 0.25) is 5.91 Å². The fourth-order valence-corrected chi connectivity index (χ4v) is 5.94. The van der Waals surface area contributed by atoms with E-state index in [1.807, 2.05) is 0 Å². The Balaban J connectivity index is 1.57. The number of benzene rings is 2. The van der Waals surface area contributed by atoms with E-state index < -0.39 is 0 Å². The lowest BCUT2D eigenvalue weighted by Crippen LogP contribution is -2.54. The molecule has 1 aromatic heterocycles. The van der Waals surface area contributed by atoms with Gasteiger partial charge in [0.05, 0.1) is 5.54 Å². The van der Waals surface area contributed by atoms with Crippen LogP contribution in [0.1, 0.15) is 55.3 Å². The third-order valence-corrected chi connectivity index (χ3v) is 7.39. The van der Waals surface area contributed by atoms with Gasteiger partial charge in [0, 0.05) is 34.5 Å². The zero-order chi connectivity index (χ0) is 19.3. The van der Waals surface area contributed by atoms with E-state index in [1.54, 1.807) is 6.92 Å². The van der Waals surface area contributed by atoms with Crippen molar-refractivity contribution in [3.05, 3.63) is 69.8 Å². The van der Waals surface area contributed by atoms with Crippen LogP contribution < -0.4 is 0 Å². The molecule has 2 heterocycles. The van der Waals surface area contributed by atoms with Gasteiger partial charge in [-0.15, -0.1) is 0 Å². The molecule has 28 heavy (non-hydrogen) atoms.